The number of rotatable bonds is 4. The zero-order valence-electron chi connectivity index (χ0n) is 30.3. The minimum absolute atomic E-state index is 0.216. The molecule has 54 heavy (non-hydrogen) atoms. The van der Waals surface area contributed by atoms with Gasteiger partial charge >= 0.3 is 0 Å². The molecule has 0 radical (unpaired) electrons. The third kappa shape index (κ3) is 4.17. The largest absolute Gasteiger partial charge is 0.457 e. The van der Waals surface area contributed by atoms with Crippen LogP contribution in [0.2, 0.25) is 0 Å². The van der Waals surface area contributed by atoms with E-state index in [1.165, 1.54) is 66.8 Å². The summed E-state index contributed by atoms with van der Waals surface area (Å²) in [6.07, 6.45) is 0. The van der Waals surface area contributed by atoms with Gasteiger partial charge in [0.1, 0.15) is 11.5 Å². The van der Waals surface area contributed by atoms with Crippen molar-refractivity contribution in [2.24, 2.45) is 0 Å². The number of hydrogen-bond donors (Lipinski definition) is 0. The number of anilines is 3. The molecule has 2 heteroatoms. The van der Waals surface area contributed by atoms with E-state index < -0.39 is 5.41 Å². The summed E-state index contributed by atoms with van der Waals surface area (Å²) < 4.78 is 6.64. The van der Waals surface area contributed by atoms with Gasteiger partial charge in [-0.25, -0.2) is 0 Å². The maximum Gasteiger partial charge on any atom is 0.132 e. The lowest BCUT2D eigenvalue weighted by molar-refractivity contribution is 0.436. The number of fused-ring (bicyclic) bond motifs is 12. The van der Waals surface area contributed by atoms with E-state index in [-0.39, 0.29) is 5.41 Å². The maximum absolute atomic E-state index is 6.64. The zero-order chi connectivity index (χ0) is 36.0. The summed E-state index contributed by atoms with van der Waals surface area (Å²) in [4.78, 5) is 2.36. The van der Waals surface area contributed by atoms with Crippen molar-refractivity contribution in [2.75, 3.05) is 4.90 Å². The van der Waals surface area contributed by atoms with Crippen LogP contribution in [0.25, 0.3) is 33.4 Å². The molecule has 0 bridgehead atoms. The van der Waals surface area contributed by atoms with Gasteiger partial charge in [-0.2, -0.15) is 0 Å². The molecule has 0 amide bonds. The van der Waals surface area contributed by atoms with Crippen molar-refractivity contribution in [3.05, 3.63) is 221 Å². The lowest BCUT2D eigenvalue weighted by Crippen LogP contribution is -2.32. The van der Waals surface area contributed by atoms with E-state index in [1.807, 2.05) is 0 Å². The smallest absolute Gasteiger partial charge is 0.132 e. The van der Waals surface area contributed by atoms with E-state index in [1.54, 1.807) is 0 Å². The SMILES string of the molecule is CC1(C)c2cc(-c3cccc4c3C3(c5ccccc5Oc5ccccc53)c3ccccc3-4)ccc2-c2ccc(N(c3ccccc3)c3ccccc3)cc21. The van der Waals surface area contributed by atoms with E-state index in [4.69, 9.17) is 4.74 Å². The van der Waals surface area contributed by atoms with Crippen molar-refractivity contribution in [2.45, 2.75) is 24.7 Å². The molecule has 0 saturated heterocycles. The van der Waals surface area contributed by atoms with E-state index in [2.05, 4.69) is 207 Å². The van der Waals surface area contributed by atoms with Crippen LogP contribution in [0.1, 0.15) is 47.2 Å². The van der Waals surface area contributed by atoms with E-state index in [0.717, 1.165) is 28.6 Å². The average Bonchev–Trinajstić information content (AvgIpc) is 3.64. The summed E-state index contributed by atoms with van der Waals surface area (Å²) in [5.41, 5.74) is 18.1. The monoisotopic (exact) mass is 691 g/mol. The van der Waals surface area contributed by atoms with Crippen molar-refractivity contribution in [3.8, 4) is 44.9 Å². The molecule has 11 rings (SSSR count). The standard InChI is InChI=1S/C52H37NO/c1-51(2)46-32-34(28-30-40(46)41-31-29-37(33-47(41)51)53(35-16-5-3-6-17-35)36-18-7-4-8-19-36)38-21-15-22-42-39-20-9-10-23-43(39)52(50(38)42)44-24-11-13-26-48(44)54-49-27-14-12-25-45(49)52/h3-33H,1-2H3. The molecule has 3 aliphatic rings. The molecule has 1 spiro atoms. The molecular formula is C52H37NO. The van der Waals surface area contributed by atoms with E-state index >= 15 is 0 Å². The molecule has 0 aromatic heterocycles. The first-order chi connectivity index (χ1) is 26.5. The molecule has 256 valence electrons. The van der Waals surface area contributed by atoms with Gasteiger partial charge < -0.3 is 9.64 Å². The van der Waals surface area contributed by atoms with Crippen molar-refractivity contribution < 1.29 is 4.74 Å². The summed E-state index contributed by atoms with van der Waals surface area (Å²) in [7, 11) is 0. The van der Waals surface area contributed by atoms with E-state index in [0.29, 0.717) is 0 Å². The Bertz CT molecular complexity index is 2690. The lowest BCUT2D eigenvalue weighted by Gasteiger charge is -2.40. The predicted molar refractivity (Wildman–Crippen MR) is 222 cm³/mol. The zero-order valence-corrected chi connectivity index (χ0v) is 30.3. The van der Waals surface area contributed by atoms with Gasteiger partial charge in [0.05, 0.1) is 5.41 Å². The fourth-order valence-corrected chi connectivity index (χ4v) is 9.79. The fourth-order valence-electron chi connectivity index (χ4n) is 9.79. The molecule has 8 aromatic carbocycles. The van der Waals surface area contributed by atoms with Crippen molar-refractivity contribution in [1.29, 1.82) is 0 Å². The molecule has 2 nitrogen and oxygen atoms in total. The van der Waals surface area contributed by atoms with Gasteiger partial charge in [-0.1, -0.05) is 147 Å². The Morgan fingerprint density at radius 3 is 1.54 bits per heavy atom. The molecule has 2 aliphatic carbocycles. The first kappa shape index (κ1) is 30.9. The van der Waals surface area contributed by atoms with Crippen molar-refractivity contribution >= 4 is 17.1 Å². The van der Waals surface area contributed by atoms with Gasteiger partial charge in [-0.05, 0) is 110 Å². The van der Waals surface area contributed by atoms with Crippen LogP contribution in [0, 0.1) is 0 Å². The summed E-state index contributed by atoms with van der Waals surface area (Å²) >= 11 is 0. The number of hydrogen-bond acceptors (Lipinski definition) is 2. The number of nitrogens with zero attached hydrogens (tertiary/aromatic N) is 1. The Kier molecular flexibility index (Phi) is 6.55. The Labute approximate surface area is 316 Å². The molecular weight excluding hydrogens is 655 g/mol. The highest BCUT2D eigenvalue weighted by Crippen LogP contribution is 2.64. The second-order valence-corrected chi connectivity index (χ2v) is 15.2. The Balaban J connectivity index is 1.10. The third-order valence-corrected chi connectivity index (χ3v) is 12.1. The summed E-state index contributed by atoms with van der Waals surface area (Å²) in [5, 5.41) is 0. The van der Waals surface area contributed by atoms with Crippen LogP contribution in [-0.2, 0) is 10.8 Å². The summed E-state index contributed by atoms with van der Waals surface area (Å²) in [6, 6.07) is 68.7. The Morgan fingerprint density at radius 1 is 0.370 bits per heavy atom. The highest BCUT2D eigenvalue weighted by molar-refractivity contribution is 5.95. The Morgan fingerprint density at radius 2 is 0.870 bits per heavy atom. The molecule has 1 heterocycles. The molecule has 0 atom stereocenters. The van der Waals surface area contributed by atoms with E-state index in [9.17, 15) is 0 Å². The second kappa shape index (κ2) is 11.4. The molecule has 1 aliphatic heterocycles. The van der Waals surface area contributed by atoms with Gasteiger partial charge in [-0.15, -0.1) is 0 Å². The van der Waals surface area contributed by atoms with Crippen LogP contribution < -0.4 is 9.64 Å². The van der Waals surface area contributed by atoms with Crippen molar-refractivity contribution in [3.63, 3.8) is 0 Å². The highest BCUT2D eigenvalue weighted by Gasteiger charge is 2.52. The Hall–Kier alpha value is -6.64. The molecule has 0 N–H and O–H groups in total. The minimum atomic E-state index is -0.529. The molecule has 8 aromatic rings. The van der Waals surface area contributed by atoms with Crippen LogP contribution in [0.15, 0.2) is 188 Å². The number of ether oxygens (including phenoxy) is 1. The number of benzene rings is 8. The second-order valence-electron chi connectivity index (χ2n) is 15.2. The summed E-state index contributed by atoms with van der Waals surface area (Å²) in [5.74, 6) is 1.82. The van der Waals surface area contributed by atoms with Crippen molar-refractivity contribution in [1.82, 2.24) is 0 Å². The van der Waals surface area contributed by atoms with Crippen LogP contribution in [0.5, 0.6) is 11.5 Å². The first-order valence-corrected chi connectivity index (χ1v) is 18.9. The first-order valence-electron chi connectivity index (χ1n) is 18.9. The minimum Gasteiger partial charge on any atom is -0.457 e. The predicted octanol–water partition coefficient (Wildman–Crippen LogP) is 13.6. The lowest BCUT2D eigenvalue weighted by atomic mass is 9.64. The summed E-state index contributed by atoms with van der Waals surface area (Å²) in [6.45, 7) is 4.77. The van der Waals surface area contributed by atoms with Gasteiger partial charge in [0.15, 0.2) is 0 Å². The topological polar surface area (TPSA) is 12.5 Å². The average molecular weight is 692 g/mol. The molecule has 0 saturated carbocycles. The van der Waals surface area contributed by atoms with Gasteiger partial charge in [0.2, 0.25) is 0 Å². The molecule has 0 fully saturated rings. The highest BCUT2D eigenvalue weighted by atomic mass is 16.5. The maximum atomic E-state index is 6.64. The van der Waals surface area contributed by atoms with Crippen LogP contribution in [-0.4, -0.2) is 0 Å². The number of para-hydroxylation sites is 4. The fraction of sp³-hybridized carbons (Fsp3) is 0.0769. The van der Waals surface area contributed by atoms with Gasteiger partial charge in [0.25, 0.3) is 0 Å². The molecule has 0 unspecified atom stereocenters. The normalized spacial score (nSPS) is 14.6. The quantitative estimate of drug-likeness (QED) is 0.182. The van der Waals surface area contributed by atoms with Crippen LogP contribution >= 0.6 is 0 Å². The third-order valence-electron chi connectivity index (χ3n) is 12.1. The van der Waals surface area contributed by atoms with Crippen LogP contribution in [0.4, 0.5) is 17.1 Å². The van der Waals surface area contributed by atoms with Gasteiger partial charge in [0, 0.05) is 33.6 Å². The van der Waals surface area contributed by atoms with Gasteiger partial charge in [-0.3, -0.25) is 0 Å². The van der Waals surface area contributed by atoms with Crippen LogP contribution in [0.3, 0.4) is 0 Å².